The van der Waals surface area contributed by atoms with Crippen molar-refractivity contribution in [3.63, 3.8) is 0 Å². The lowest BCUT2D eigenvalue weighted by molar-refractivity contribution is -0.144. The first-order valence-corrected chi connectivity index (χ1v) is 8.95. The van der Waals surface area contributed by atoms with Crippen LogP contribution in [0.25, 0.3) is 0 Å². The van der Waals surface area contributed by atoms with Crippen molar-refractivity contribution in [3.05, 3.63) is 35.5 Å². The summed E-state index contributed by atoms with van der Waals surface area (Å²) in [6.45, 7) is 12.0. The first-order chi connectivity index (χ1) is 11.2. The van der Waals surface area contributed by atoms with Gasteiger partial charge in [0.25, 0.3) is 0 Å². The summed E-state index contributed by atoms with van der Waals surface area (Å²) in [5, 5.41) is 0. The molecule has 0 saturated carbocycles. The second kappa shape index (κ2) is 7.50. The summed E-state index contributed by atoms with van der Waals surface area (Å²) >= 11 is 0. The van der Waals surface area contributed by atoms with Crippen molar-refractivity contribution in [3.8, 4) is 0 Å². The minimum atomic E-state index is -0.316. The molecule has 2 rings (SSSR count). The predicted octanol–water partition coefficient (Wildman–Crippen LogP) is 4.93. The Labute approximate surface area is 145 Å². The summed E-state index contributed by atoms with van der Waals surface area (Å²) in [4.78, 5) is 24.2. The maximum atomic E-state index is 12.8. The van der Waals surface area contributed by atoms with Gasteiger partial charge in [-0.25, -0.2) is 0 Å². The molecule has 0 heterocycles. The molecule has 0 unspecified atom stereocenters. The third-order valence-electron chi connectivity index (χ3n) is 5.44. The summed E-state index contributed by atoms with van der Waals surface area (Å²) in [6.07, 6.45) is 8.83. The fourth-order valence-electron chi connectivity index (χ4n) is 4.09. The average Bonchev–Trinajstić information content (AvgIpc) is 2.43. The zero-order chi connectivity index (χ0) is 17.9. The van der Waals surface area contributed by atoms with E-state index in [1.165, 1.54) is 6.92 Å². The van der Waals surface area contributed by atoms with Crippen molar-refractivity contribution in [2.24, 2.45) is 11.3 Å². The monoisotopic (exact) mass is 330 g/mol. The summed E-state index contributed by atoms with van der Waals surface area (Å²) in [7, 11) is 0. The maximum absolute atomic E-state index is 12.8. The largest absolute Gasteiger partial charge is 0.458 e. The molecule has 2 bridgehead atoms. The Morgan fingerprint density at radius 2 is 2.04 bits per heavy atom. The number of hydrogen-bond donors (Lipinski definition) is 0. The number of rotatable bonds is 1. The molecule has 24 heavy (non-hydrogen) atoms. The number of ketones is 1. The number of esters is 1. The van der Waals surface area contributed by atoms with E-state index in [2.05, 4.69) is 26.5 Å². The smallest absolute Gasteiger partial charge is 0.303 e. The van der Waals surface area contributed by atoms with Gasteiger partial charge < -0.3 is 4.74 Å². The van der Waals surface area contributed by atoms with Crippen molar-refractivity contribution in [1.82, 2.24) is 0 Å². The lowest BCUT2D eigenvalue weighted by Gasteiger charge is -2.40. The van der Waals surface area contributed by atoms with Crippen molar-refractivity contribution >= 4 is 11.8 Å². The Morgan fingerprint density at radius 1 is 1.33 bits per heavy atom. The summed E-state index contributed by atoms with van der Waals surface area (Å²) in [5.74, 6) is 0.407. The number of carbonyl (C=O) groups is 2. The van der Waals surface area contributed by atoms with Gasteiger partial charge in [0.15, 0.2) is 5.78 Å². The molecule has 0 aliphatic heterocycles. The Bertz CT molecular complexity index is 592. The van der Waals surface area contributed by atoms with Gasteiger partial charge in [0.05, 0.1) is 0 Å². The van der Waals surface area contributed by atoms with Gasteiger partial charge in [-0.2, -0.15) is 0 Å². The molecule has 0 aromatic heterocycles. The van der Waals surface area contributed by atoms with E-state index >= 15 is 0 Å². The highest BCUT2D eigenvalue weighted by molar-refractivity contribution is 5.98. The van der Waals surface area contributed by atoms with Crippen LogP contribution in [-0.2, 0) is 14.3 Å². The van der Waals surface area contributed by atoms with Crippen LogP contribution in [0.2, 0.25) is 0 Å². The van der Waals surface area contributed by atoms with Gasteiger partial charge in [-0.05, 0) is 55.6 Å². The van der Waals surface area contributed by atoms with Crippen LogP contribution in [-0.4, -0.2) is 17.9 Å². The topological polar surface area (TPSA) is 43.4 Å². The van der Waals surface area contributed by atoms with Crippen LogP contribution < -0.4 is 0 Å². The highest BCUT2D eigenvalue weighted by Gasteiger charge is 2.38. The SMILES string of the molecule is C=C1CC[C@@H]2CCC=C(C(=O)C/C(C)=C/[C@@H](OC(C)=O)C1)C2(C)C. The number of Topliss-reactive ketones (excluding diaryl/α,β-unsaturated/α-hetero) is 1. The molecular formula is C21H30O3. The van der Waals surface area contributed by atoms with Gasteiger partial charge in [0, 0.05) is 19.8 Å². The second-order valence-electron chi connectivity index (χ2n) is 7.87. The molecule has 0 saturated heterocycles. The Balaban J connectivity index is 2.33. The van der Waals surface area contributed by atoms with Gasteiger partial charge in [-0.15, -0.1) is 0 Å². The van der Waals surface area contributed by atoms with E-state index in [0.717, 1.165) is 42.4 Å². The standard InChI is InChI=1S/C21H30O3/c1-14-9-10-17-7-6-8-19(21(17,4)5)20(23)13-15(2)12-18(11-14)24-16(3)22/h8,12,17-18H,1,6-7,9-11,13H2,2-5H3/b15-12+/t17-,18-/m0/s1. The van der Waals surface area contributed by atoms with E-state index in [-0.39, 0.29) is 23.3 Å². The van der Waals surface area contributed by atoms with Gasteiger partial charge >= 0.3 is 5.97 Å². The first kappa shape index (κ1) is 18.7. The van der Waals surface area contributed by atoms with E-state index < -0.39 is 0 Å². The molecule has 2 atom stereocenters. The normalized spacial score (nSPS) is 30.3. The third kappa shape index (κ3) is 4.46. The zero-order valence-electron chi connectivity index (χ0n) is 15.5. The minimum Gasteiger partial charge on any atom is -0.458 e. The minimum absolute atomic E-state index is 0.0790. The lowest BCUT2D eigenvalue weighted by atomic mass is 9.64. The zero-order valence-corrected chi connectivity index (χ0v) is 15.5. The maximum Gasteiger partial charge on any atom is 0.303 e. The number of fused-ring (bicyclic) bond motifs is 2. The van der Waals surface area contributed by atoms with Crippen LogP contribution in [0.15, 0.2) is 35.5 Å². The molecule has 0 spiro atoms. The molecule has 0 aromatic carbocycles. The predicted molar refractivity (Wildman–Crippen MR) is 96.5 cm³/mol. The number of carbonyl (C=O) groups excluding carboxylic acids is 2. The molecule has 0 fully saturated rings. The molecule has 132 valence electrons. The molecular weight excluding hydrogens is 300 g/mol. The summed E-state index contributed by atoms with van der Waals surface area (Å²) in [5.41, 5.74) is 2.97. The van der Waals surface area contributed by atoms with Crippen LogP contribution in [0.5, 0.6) is 0 Å². The molecule has 2 aliphatic carbocycles. The van der Waals surface area contributed by atoms with Gasteiger partial charge in [-0.3, -0.25) is 9.59 Å². The van der Waals surface area contributed by atoms with E-state index in [0.29, 0.717) is 18.8 Å². The Hall–Kier alpha value is -1.64. The average molecular weight is 330 g/mol. The molecule has 3 nitrogen and oxygen atoms in total. The van der Waals surface area contributed by atoms with Crippen molar-refractivity contribution in [1.29, 1.82) is 0 Å². The third-order valence-corrected chi connectivity index (χ3v) is 5.44. The van der Waals surface area contributed by atoms with Crippen LogP contribution in [0, 0.1) is 11.3 Å². The van der Waals surface area contributed by atoms with E-state index in [1.807, 2.05) is 13.0 Å². The van der Waals surface area contributed by atoms with E-state index in [4.69, 9.17) is 4.74 Å². The molecule has 0 N–H and O–H groups in total. The summed E-state index contributed by atoms with van der Waals surface area (Å²) < 4.78 is 5.40. The van der Waals surface area contributed by atoms with Crippen molar-refractivity contribution in [2.75, 3.05) is 0 Å². The van der Waals surface area contributed by atoms with Gasteiger partial charge in [-0.1, -0.05) is 37.6 Å². The molecule has 0 radical (unpaired) electrons. The highest BCUT2D eigenvalue weighted by Crippen LogP contribution is 2.45. The number of hydrogen-bond acceptors (Lipinski definition) is 3. The van der Waals surface area contributed by atoms with Crippen LogP contribution >= 0.6 is 0 Å². The molecule has 0 aromatic rings. The molecule has 3 heteroatoms. The van der Waals surface area contributed by atoms with E-state index in [1.54, 1.807) is 0 Å². The molecule has 0 amide bonds. The number of ether oxygens (including phenoxy) is 1. The highest BCUT2D eigenvalue weighted by atomic mass is 16.5. The summed E-state index contributed by atoms with van der Waals surface area (Å²) in [6, 6.07) is 0. The van der Waals surface area contributed by atoms with Crippen molar-refractivity contribution in [2.45, 2.75) is 72.3 Å². The fourth-order valence-corrected chi connectivity index (χ4v) is 4.09. The van der Waals surface area contributed by atoms with Crippen molar-refractivity contribution < 1.29 is 14.3 Å². The first-order valence-electron chi connectivity index (χ1n) is 8.95. The van der Waals surface area contributed by atoms with Gasteiger partial charge in [0.1, 0.15) is 6.10 Å². The quantitative estimate of drug-likeness (QED) is 0.506. The number of allylic oxidation sites excluding steroid dienone is 3. The van der Waals surface area contributed by atoms with E-state index in [9.17, 15) is 9.59 Å². The second-order valence-corrected chi connectivity index (χ2v) is 7.87. The fraction of sp³-hybridized carbons (Fsp3) is 0.619. The lowest BCUT2D eigenvalue weighted by Crippen LogP contribution is -2.33. The van der Waals surface area contributed by atoms with Crippen LogP contribution in [0.1, 0.15) is 66.2 Å². The van der Waals surface area contributed by atoms with Crippen LogP contribution in [0.4, 0.5) is 0 Å². The molecule has 2 aliphatic rings. The Kier molecular flexibility index (Phi) is 5.84. The Morgan fingerprint density at radius 3 is 2.71 bits per heavy atom. The van der Waals surface area contributed by atoms with Gasteiger partial charge in [0.2, 0.25) is 0 Å². The van der Waals surface area contributed by atoms with Crippen LogP contribution in [0.3, 0.4) is 0 Å².